The van der Waals surface area contributed by atoms with E-state index in [1.807, 2.05) is 0 Å². The number of carbonyl (C=O) groups is 5. The second-order valence-electron chi connectivity index (χ2n) is 7.06. The quantitative estimate of drug-likeness (QED) is 0.479. The number of methoxy groups -OCH3 is 2. The number of thiophene rings is 1. The van der Waals surface area contributed by atoms with Crippen molar-refractivity contribution < 1.29 is 38.2 Å². The summed E-state index contributed by atoms with van der Waals surface area (Å²) < 4.78 is 14.5. The molecule has 1 fully saturated rings. The van der Waals surface area contributed by atoms with E-state index in [0.29, 0.717) is 24.2 Å². The van der Waals surface area contributed by atoms with Crippen LogP contribution in [0.3, 0.4) is 0 Å². The van der Waals surface area contributed by atoms with Gasteiger partial charge in [0, 0.05) is 18.7 Å². The van der Waals surface area contributed by atoms with Crippen LogP contribution in [0.2, 0.25) is 0 Å². The minimum atomic E-state index is -0.734. The SMILES string of the molecule is COC(=O)c1sc(NC(=O)COC(=O)c2ccc(N3CCCC3=O)cc2)c(C(=O)OC)c1C. The number of esters is 3. The van der Waals surface area contributed by atoms with Crippen LogP contribution in [-0.2, 0) is 23.8 Å². The van der Waals surface area contributed by atoms with Crippen LogP contribution < -0.4 is 10.2 Å². The molecule has 33 heavy (non-hydrogen) atoms. The Labute approximate surface area is 193 Å². The van der Waals surface area contributed by atoms with Crippen molar-refractivity contribution in [2.24, 2.45) is 0 Å². The minimum Gasteiger partial charge on any atom is -0.465 e. The summed E-state index contributed by atoms with van der Waals surface area (Å²) in [6.45, 7) is 1.55. The van der Waals surface area contributed by atoms with Crippen LogP contribution in [0.4, 0.5) is 10.7 Å². The largest absolute Gasteiger partial charge is 0.465 e. The number of rotatable bonds is 7. The predicted octanol–water partition coefficient (Wildman–Crippen LogP) is 2.55. The molecular formula is C22H22N2O8S. The standard InChI is InChI=1S/C22H22N2O8S/c1-12-17(21(28)30-2)19(33-18(12)22(29)31-3)23-15(25)11-32-20(27)13-6-8-14(9-7-13)24-10-4-5-16(24)26/h6-9H,4-5,10-11H2,1-3H3,(H,23,25). The molecule has 0 bridgehead atoms. The molecule has 1 aromatic carbocycles. The van der Waals surface area contributed by atoms with Gasteiger partial charge in [0.2, 0.25) is 5.91 Å². The van der Waals surface area contributed by atoms with Gasteiger partial charge >= 0.3 is 17.9 Å². The molecule has 0 unspecified atom stereocenters. The van der Waals surface area contributed by atoms with Gasteiger partial charge in [0.1, 0.15) is 9.88 Å². The molecule has 1 N–H and O–H groups in total. The smallest absolute Gasteiger partial charge is 0.348 e. The maximum atomic E-state index is 12.3. The number of ether oxygens (including phenoxy) is 3. The molecule has 1 aliphatic rings. The third-order valence-electron chi connectivity index (χ3n) is 4.98. The number of amides is 2. The van der Waals surface area contributed by atoms with E-state index in [2.05, 4.69) is 5.32 Å². The summed E-state index contributed by atoms with van der Waals surface area (Å²) in [5.74, 6) is -2.79. The first-order chi connectivity index (χ1) is 15.8. The average molecular weight is 474 g/mol. The topological polar surface area (TPSA) is 128 Å². The fraction of sp³-hybridized carbons (Fsp3) is 0.318. The summed E-state index contributed by atoms with van der Waals surface area (Å²) >= 11 is 0.855. The fourth-order valence-corrected chi connectivity index (χ4v) is 4.44. The molecule has 1 aromatic heterocycles. The van der Waals surface area contributed by atoms with E-state index in [1.54, 1.807) is 17.0 Å². The lowest BCUT2D eigenvalue weighted by molar-refractivity contribution is -0.119. The Hall–Kier alpha value is -3.73. The van der Waals surface area contributed by atoms with Crippen molar-refractivity contribution in [1.82, 2.24) is 0 Å². The Morgan fingerprint density at radius 2 is 1.70 bits per heavy atom. The van der Waals surface area contributed by atoms with Crippen LogP contribution in [0.1, 0.15) is 48.8 Å². The molecule has 0 aliphatic carbocycles. The lowest BCUT2D eigenvalue weighted by Crippen LogP contribution is -2.24. The van der Waals surface area contributed by atoms with Crippen molar-refractivity contribution in [2.45, 2.75) is 19.8 Å². The maximum absolute atomic E-state index is 12.3. The fourth-order valence-electron chi connectivity index (χ4n) is 3.31. The maximum Gasteiger partial charge on any atom is 0.348 e. The number of hydrogen-bond donors (Lipinski definition) is 1. The molecule has 0 atom stereocenters. The Bertz CT molecular complexity index is 1110. The van der Waals surface area contributed by atoms with Crippen molar-refractivity contribution >= 4 is 51.7 Å². The molecule has 10 nitrogen and oxygen atoms in total. The van der Waals surface area contributed by atoms with Crippen LogP contribution in [0.25, 0.3) is 0 Å². The molecule has 0 spiro atoms. The molecule has 0 saturated carbocycles. The lowest BCUT2D eigenvalue weighted by Gasteiger charge is -2.15. The first-order valence-electron chi connectivity index (χ1n) is 9.94. The first kappa shape index (κ1) is 23.9. The molecule has 2 heterocycles. The van der Waals surface area contributed by atoms with E-state index >= 15 is 0 Å². The monoisotopic (exact) mass is 474 g/mol. The summed E-state index contributed by atoms with van der Waals surface area (Å²) in [5, 5.41) is 2.56. The molecular weight excluding hydrogens is 452 g/mol. The molecule has 2 amide bonds. The van der Waals surface area contributed by atoms with Crippen LogP contribution in [0.15, 0.2) is 24.3 Å². The summed E-state index contributed by atoms with van der Waals surface area (Å²) in [5.41, 5.74) is 1.24. The van der Waals surface area contributed by atoms with Gasteiger partial charge in [0.25, 0.3) is 5.91 Å². The zero-order chi connectivity index (χ0) is 24.1. The summed E-state index contributed by atoms with van der Waals surface area (Å²) in [6, 6.07) is 6.32. The van der Waals surface area contributed by atoms with Crippen LogP contribution >= 0.6 is 11.3 Å². The van der Waals surface area contributed by atoms with E-state index in [9.17, 15) is 24.0 Å². The van der Waals surface area contributed by atoms with Crippen molar-refractivity contribution in [2.75, 3.05) is 37.6 Å². The van der Waals surface area contributed by atoms with E-state index < -0.39 is 30.4 Å². The molecule has 0 radical (unpaired) electrons. The normalized spacial score (nSPS) is 12.9. The van der Waals surface area contributed by atoms with E-state index in [1.165, 1.54) is 33.3 Å². The third-order valence-corrected chi connectivity index (χ3v) is 6.17. The number of anilines is 2. The third kappa shape index (κ3) is 5.20. The Balaban J connectivity index is 1.64. The highest BCUT2D eigenvalue weighted by Gasteiger charge is 2.27. The zero-order valence-electron chi connectivity index (χ0n) is 18.3. The minimum absolute atomic E-state index is 0.0228. The van der Waals surface area contributed by atoms with Crippen LogP contribution in [0, 0.1) is 6.92 Å². The van der Waals surface area contributed by atoms with Gasteiger partial charge in [-0.25, -0.2) is 14.4 Å². The average Bonchev–Trinajstić information content (AvgIpc) is 3.39. The highest BCUT2D eigenvalue weighted by atomic mass is 32.1. The molecule has 1 saturated heterocycles. The Kier molecular flexibility index (Phi) is 7.44. The molecule has 174 valence electrons. The van der Waals surface area contributed by atoms with Crippen molar-refractivity contribution in [1.29, 1.82) is 0 Å². The second kappa shape index (κ2) is 10.3. The molecule has 11 heteroatoms. The van der Waals surface area contributed by atoms with Crippen molar-refractivity contribution in [3.63, 3.8) is 0 Å². The van der Waals surface area contributed by atoms with Gasteiger partial charge in [0.05, 0.1) is 25.3 Å². The van der Waals surface area contributed by atoms with Gasteiger partial charge in [0.15, 0.2) is 6.61 Å². The first-order valence-corrected chi connectivity index (χ1v) is 10.8. The van der Waals surface area contributed by atoms with Crippen molar-refractivity contribution in [3.05, 3.63) is 45.8 Å². The van der Waals surface area contributed by atoms with Gasteiger partial charge in [-0.3, -0.25) is 9.59 Å². The molecule has 2 aromatic rings. The molecule has 3 rings (SSSR count). The number of hydrogen-bond acceptors (Lipinski definition) is 9. The van der Waals surface area contributed by atoms with E-state index in [4.69, 9.17) is 14.2 Å². The predicted molar refractivity (Wildman–Crippen MR) is 119 cm³/mol. The Morgan fingerprint density at radius 1 is 1.03 bits per heavy atom. The summed E-state index contributed by atoms with van der Waals surface area (Å²) in [4.78, 5) is 62.3. The highest BCUT2D eigenvalue weighted by Crippen LogP contribution is 2.34. The van der Waals surface area contributed by atoms with E-state index in [0.717, 1.165) is 17.8 Å². The number of nitrogens with zero attached hydrogens (tertiary/aromatic N) is 1. The van der Waals surface area contributed by atoms with E-state index in [-0.39, 0.29) is 26.9 Å². The highest BCUT2D eigenvalue weighted by molar-refractivity contribution is 7.18. The van der Waals surface area contributed by atoms with Crippen molar-refractivity contribution in [3.8, 4) is 0 Å². The second-order valence-corrected chi connectivity index (χ2v) is 8.08. The summed E-state index contributed by atoms with van der Waals surface area (Å²) in [6.07, 6.45) is 1.29. The summed E-state index contributed by atoms with van der Waals surface area (Å²) in [7, 11) is 2.38. The van der Waals surface area contributed by atoms with Crippen LogP contribution in [0.5, 0.6) is 0 Å². The van der Waals surface area contributed by atoms with Gasteiger partial charge < -0.3 is 24.4 Å². The zero-order valence-corrected chi connectivity index (χ0v) is 19.1. The van der Waals surface area contributed by atoms with Gasteiger partial charge in [-0.05, 0) is 43.2 Å². The number of carbonyl (C=O) groups excluding carboxylic acids is 5. The number of benzene rings is 1. The Morgan fingerprint density at radius 3 is 2.27 bits per heavy atom. The molecule has 1 aliphatic heterocycles. The van der Waals surface area contributed by atoms with Gasteiger partial charge in [-0.2, -0.15) is 0 Å². The number of nitrogens with one attached hydrogen (secondary N) is 1. The van der Waals surface area contributed by atoms with Gasteiger partial charge in [-0.1, -0.05) is 0 Å². The van der Waals surface area contributed by atoms with Crippen LogP contribution in [-0.4, -0.2) is 57.1 Å². The lowest BCUT2D eigenvalue weighted by atomic mass is 10.1. The van der Waals surface area contributed by atoms with Gasteiger partial charge in [-0.15, -0.1) is 11.3 Å².